The zero-order chi connectivity index (χ0) is 12.0. The van der Waals surface area contributed by atoms with Crippen molar-refractivity contribution in [2.45, 2.75) is 19.9 Å². The van der Waals surface area contributed by atoms with Crippen molar-refractivity contribution in [1.82, 2.24) is 10.6 Å². The number of likely N-dealkylation sites (N-methyl/N-ethyl adjacent to an activating group) is 1. The van der Waals surface area contributed by atoms with Crippen LogP contribution in [0.5, 0.6) is 0 Å². The summed E-state index contributed by atoms with van der Waals surface area (Å²) in [4.78, 5) is 11.8. The highest BCUT2D eigenvalue weighted by Gasteiger charge is 2.09. The van der Waals surface area contributed by atoms with Gasteiger partial charge in [0.05, 0.1) is 5.56 Å². The molecule has 0 heterocycles. The first-order chi connectivity index (χ1) is 7.65. The first-order valence-corrected chi connectivity index (χ1v) is 5.51. The number of nitrogens with two attached hydrogens (primary N) is 1. The maximum absolute atomic E-state index is 11.8. The molecule has 1 amide bonds. The summed E-state index contributed by atoms with van der Waals surface area (Å²) in [5.74, 6) is -0.122. The van der Waals surface area contributed by atoms with E-state index < -0.39 is 0 Å². The van der Waals surface area contributed by atoms with Gasteiger partial charge in [0.1, 0.15) is 0 Å². The van der Waals surface area contributed by atoms with Crippen molar-refractivity contribution in [2.75, 3.05) is 18.8 Å². The molecule has 1 aromatic rings. The number of hydrogen-bond acceptors (Lipinski definition) is 3. The topological polar surface area (TPSA) is 67.1 Å². The van der Waals surface area contributed by atoms with Gasteiger partial charge in [0.2, 0.25) is 0 Å². The van der Waals surface area contributed by atoms with Gasteiger partial charge in [-0.25, -0.2) is 0 Å². The summed E-state index contributed by atoms with van der Waals surface area (Å²) in [6.45, 7) is 5.55. The average Bonchev–Trinajstić information content (AvgIpc) is 2.27. The molecule has 16 heavy (non-hydrogen) atoms. The smallest absolute Gasteiger partial charge is 0.253 e. The Morgan fingerprint density at radius 3 is 2.75 bits per heavy atom. The lowest BCUT2D eigenvalue weighted by atomic mass is 10.1. The maximum Gasteiger partial charge on any atom is 0.253 e. The van der Waals surface area contributed by atoms with Crippen LogP contribution >= 0.6 is 0 Å². The number of nitrogens with one attached hydrogen (secondary N) is 2. The quantitative estimate of drug-likeness (QED) is 0.650. The van der Waals surface area contributed by atoms with Crippen LogP contribution in [-0.2, 0) is 0 Å². The summed E-state index contributed by atoms with van der Waals surface area (Å²) in [5, 5.41) is 6.06. The number of para-hydroxylation sites is 1. The molecule has 4 nitrogen and oxygen atoms in total. The Morgan fingerprint density at radius 1 is 1.44 bits per heavy atom. The van der Waals surface area contributed by atoms with E-state index in [1.54, 1.807) is 18.2 Å². The molecule has 0 bridgehead atoms. The fourth-order valence-corrected chi connectivity index (χ4v) is 1.47. The normalized spacial score (nSPS) is 12.1. The number of benzene rings is 1. The molecule has 1 aromatic carbocycles. The summed E-state index contributed by atoms with van der Waals surface area (Å²) >= 11 is 0. The van der Waals surface area contributed by atoms with E-state index in [1.807, 2.05) is 19.9 Å². The molecule has 0 unspecified atom stereocenters. The van der Waals surface area contributed by atoms with E-state index >= 15 is 0 Å². The van der Waals surface area contributed by atoms with Gasteiger partial charge in [-0.15, -0.1) is 0 Å². The highest BCUT2D eigenvalue weighted by Crippen LogP contribution is 2.09. The van der Waals surface area contributed by atoms with E-state index in [9.17, 15) is 4.79 Å². The number of amides is 1. The Bertz CT molecular complexity index is 352. The molecule has 0 spiro atoms. The Morgan fingerprint density at radius 2 is 2.12 bits per heavy atom. The number of rotatable bonds is 5. The lowest BCUT2D eigenvalue weighted by molar-refractivity contribution is 0.0951. The van der Waals surface area contributed by atoms with Crippen LogP contribution in [0.1, 0.15) is 24.2 Å². The molecule has 4 N–H and O–H groups in total. The molecule has 0 saturated carbocycles. The van der Waals surface area contributed by atoms with Crippen molar-refractivity contribution in [1.29, 1.82) is 0 Å². The maximum atomic E-state index is 11.8. The molecule has 0 fully saturated rings. The van der Waals surface area contributed by atoms with Crippen LogP contribution < -0.4 is 16.4 Å². The van der Waals surface area contributed by atoms with Crippen LogP contribution in [0, 0.1) is 0 Å². The molecule has 0 radical (unpaired) electrons. The van der Waals surface area contributed by atoms with Crippen molar-refractivity contribution in [3.05, 3.63) is 29.8 Å². The second kappa shape index (κ2) is 6.12. The van der Waals surface area contributed by atoms with Crippen molar-refractivity contribution in [3.8, 4) is 0 Å². The molecule has 4 heteroatoms. The number of carbonyl (C=O) groups excluding carboxylic acids is 1. The number of carbonyl (C=O) groups is 1. The fourth-order valence-electron chi connectivity index (χ4n) is 1.47. The lowest BCUT2D eigenvalue weighted by Crippen LogP contribution is -2.38. The average molecular weight is 221 g/mol. The Balaban J connectivity index is 2.50. The van der Waals surface area contributed by atoms with Gasteiger partial charge >= 0.3 is 0 Å². The van der Waals surface area contributed by atoms with Crippen molar-refractivity contribution in [2.24, 2.45) is 0 Å². The first-order valence-electron chi connectivity index (χ1n) is 5.51. The van der Waals surface area contributed by atoms with Gasteiger partial charge < -0.3 is 16.4 Å². The van der Waals surface area contributed by atoms with E-state index in [-0.39, 0.29) is 11.9 Å². The summed E-state index contributed by atoms with van der Waals surface area (Å²) in [5.41, 5.74) is 6.75. The van der Waals surface area contributed by atoms with Crippen LogP contribution in [0.2, 0.25) is 0 Å². The second-order valence-corrected chi connectivity index (χ2v) is 3.76. The van der Waals surface area contributed by atoms with Crippen LogP contribution in [-0.4, -0.2) is 25.0 Å². The number of hydrogen-bond donors (Lipinski definition) is 3. The molecular weight excluding hydrogens is 202 g/mol. The molecule has 1 atom stereocenters. The minimum Gasteiger partial charge on any atom is -0.398 e. The van der Waals surface area contributed by atoms with Crippen LogP contribution in [0.25, 0.3) is 0 Å². The largest absolute Gasteiger partial charge is 0.398 e. The molecular formula is C12H19N3O. The fraction of sp³-hybridized carbons (Fsp3) is 0.417. The summed E-state index contributed by atoms with van der Waals surface area (Å²) in [6, 6.07) is 7.33. The SMILES string of the molecule is CCN[C@H](C)CNC(=O)c1ccccc1N. The van der Waals surface area contributed by atoms with Crippen molar-refractivity contribution < 1.29 is 4.79 Å². The van der Waals surface area contributed by atoms with Crippen molar-refractivity contribution in [3.63, 3.8) is 0 Å². The summed E-state index contributed by atoms with van der Waals surface area (Å²) in [7, 11) is 0. The third-order valence-electron chi connectivity index (χ3n) is 2.33. The summed E-state index contributed by atoms with van der Waals surface area (Å²) in [6.07, 6.45) is 0. The summed E-state index contributed by atoms with van der Waals surface area (Å²) < 4.78 is 0. The van der Waals surface area contributed by atoms with Gasteiger partial charge in [-0.05, 0) is 25.6 Å². The van der Waals surface area contributed by atoms with Gasteiger partial charge in [-0.2, -0.15) is 0 Å². The van der Waals surface area contributed by atoms with Gasteiger partial charge in [0, 0.05) is 18.3 Å². The molecule has 0 saturated heterocycles. The predicted molar refractivity (Wildman–Crippen MR) is 66.3 cm³/mol. The van der Waals surface area contributed by atoms with Crippen LogP contribution in [0.15, 0.2) is 24.3 Å². The molecule has 0 aliphatic rings. The molecule has 88 valence electrons. The molecule has 0 aromatic heterocycles. The first kappa shape index (κ1) is 12.5. The standard InChI is InChI=1S/C12H19N3O/c1-3-14-9(2)8-15-12(16)10-6-4-5-7-11(10)13/h4-7,9,14H,3,8,13H2,1-2H3,(H,15,16)/t9-/m1/s1. The Kier molecular flexibility index (Phi) is 4.79. The Labute approximate surface area is 96.2 Å². The molecule has 0 aliphatic heterocycles. The number of anilines is 1. The van der Waals surface area contributed by atoms with Gasteiger partial charge in [0.15, 0.2) is 0 Å². The monoisotopic (exact) mass is 221 g/mol. The van der Waals surface area contributed by atoms with E-state index in [2.05, 4.69) is 10.6 Å². The highest BCUT2D eigenvalue weighted by molar-refractivity contribution is 5.99. The zero-order valence-electron chi connectivity index (χ0n) is 9.79. The Hall–Kier alpha value is -1.55. The second-order valence-electron chi connectivity index (χ2n) is 3.76. The van der Waals surface area contributed by atoms with E-state index in [0.717, 1.165) is 6.54 Å². The van der Waals surface area contributed by atoms with E-state index in [0.29, 0.717) is 17.8 Å². The van der Waals surface area contributed by atoms with Gasteiger partial charge in [-0.3, -0.25) is 4.79 Å². The van der Waals surface area contributed by atoms with Crippen molar-refractivity contribution >= 4 is 11.6 Å². The van der Waals surface area contributed by atoms with Gasteiger partial charge in [-0.1, -0.05) is 19.1 Å². The lowest BCUT2D eigenvalue weighted by Gasteiger charge is -2.13. The third kappa shape index (κ3) is 3.55. The minimum absolute atomic E-state index is 0.122. The highest BCUT2D eigenvalue weighted by atomic mass is 16.1. The van der Waals surface area contributed by atoms with Crippen LogP contribution in [0.4, 0.5) is 5.69 Å². The predicted octanol–water partition coefficient (Wildman–Crippen LogP) is 0.997. The third-order valence-corrected chi connectivity index (χ3v) is 2.33. The molecule has 1 rings (SSSR count). The zero-order valence-corrected chi connectivity index (χ0v) is 9.79. The minimum atomic E-state index is -0.122. The van der Waals surface area contributed by atoms with E-state index in [1.165, 1.54) is 0 Å². The van der Waals surface area contributed by atoms with Gasteiger partial charge in [0.25, 0.3) is 5.91 Å². The number of nitrogen functional groups attached to an aromatic ring is 1. The van der Waals surface area contributed by atoms with E-state index in [4.69, 9.17) is 5.73 Å². The molecule has 0 aliphatic carbocycles. The van der Waals surface area contributed by atoms with Crippen LogP contribution in [0.3, 0.4) is 0 Å².